The molecule has 0 radical (unpaired) electrons. The lowest BCUT2D eigenvalue weighted by molar-refractivity contribution is 0.428. The number of aromatic nitrogens is 4. The highest BCUT2D eigenvalue weighted by atomic mass is 35.5. The summed E-state index contributed by atoms with van der Waals surface area (Å²) in [4.78, 5) is 4.49. The van der Waals surface area contributed by atoms with Gasteiger partial charge in [0, 0.05) is 24.6 Å². The topological polar surface area (TPSA) is 82.8 Å². The summed E-state index contributed by atoms with van der Waals surface area (Å²) >= 11 is 0. The average molecular weight is 348 g/mol. The minimum Gasteiger partial charge on any atom is -0.332 e. The lowest BCUT2D eigenvalue weighted by Crippen LogP contribution is -2.12. The summed E-state index contributed by atoms with van der Waals surface area (Å²) in [6.07, 6.45) is 0. The van der Waals surface area contributed by atoms with Crippen molar-refractivity contribution in [3.8, 4) is 23.0 Å². The summed E-state index contributed by atoms with van der Waals surface area (Å²) in [6, 6.07) is 9.82. The quantitative estimate of drug-likeness (QED) is 0.785. The fourth-order valence-corrected chi connectivity index (χ4v) is 2.27. The molecule has 0 bridgehead atoms. The summed E-state index contributed by atoms with van der Waals surface area (Å²) in [6.45, 7) is 6.88. The number of nitrogens with zero attached hydrogens (tertiary/aromatic N) is 4. The SMILES string of the molecule is Cl.Cn1nc(C(C)(C)C)cc1-c1nc(-c2ccc(CN)cc2)no1. The van der Waals surface area contributed by atoms with E-state index in [4.69, 9.17) is 10.3 Å². The molecule has 2 N–H and O–H groups in total. The van der Waals surface area contributed by atoms with Crippen LogP contribution in [0.5, 0.6) is 0 Å². The van der Waals surface area contributed by atoms with Gasteiger partial charge in [0.25, 0.3) is 5.89 Å². The number of hydrogen-bond donors (Lipinski definition) is 1. The zero-order valence-corrected chi connectivity index (χ0v) is 15.1. The molecule has 0 amide bonds. The van der Waals surface area contributed by atoms with Crippen molar-refractivity contribution in [1.29, 1.82) is 0 Å². The number of hydrogen-bond acceptors (Lipinski definition) is 5. The highest BCUT2D eigenvalue weighted by Crippen LogP contribution is 2.27. The Morgan fingerprint density at radius 2 is 1.83 bits per heavy atom. The number of rotatable bonds is 3. The van der Waals surface area contributed by atoms with Crippen LogP contribution >= 0.6 is 12.4 Å². The van der Waals surface area contributed by atoms with E-state index >= 15 is 0 Å². The summed E-state index contributed by atoms with van der Waals surface area (Å²) in [5, 5.41) is 8.61. The van der Waals surface area contributed by atoms with Crippen LogP contribution in [0.2, 0.25) is 0 Å². The van der Waals surface area contributed by atoms with Crippen molar-refractivity contribution in [3.63, 3.8) is 0 Å². The summed E-state index contributed by atoms with van der Waals surface area (Å²) in [7, 11) is 1.88. The van der Waals surface area contributed by atoms with Crippen molar-refractivity contribution >= 4 is 12.4 Å². The van der Waals surface area contributed by atoms with E-state index in [0.29, 0.717) is 18.3 Å². The molecule has 0 aliphatic carbocycles. The van der Waals surface area contributed by atoms with Crippen LogP contribution in [0.25, 0.3) is 23.0 Å². The molecule has 3 aromatic rings. The monoisotopic (exact) mass is 347 g/mol. The van der Waals surface area contributed by atoms with Gasteiger partial charge in [0.05, 0.1) is 5.69 Å². The van der Waals surface area contributed by atoms with Crippen molar-refractivity contribution in [2.75, 3.05) is 0 Å². The van der Waals surface area contributed by atoms with Crippen molar-refractivity contribution in [2.24, 2.45) is 12.8 Å². The Morgan fingerprint density at radius 1 is 1.17 bits per heavy atom. The highest BCUT2D eigenvalue weighted by Gasteiger charge is 2.22. The standard InChI is InChI=1S/C17H21N5O.ClH/c1-17(2,3)14-9-13(22(4)20-14)16-19-15(21-23-16)12-7-5-11(10-18)6-8-12;/h5-9H,10,18H2,1-4H3;1H. The molecule has 0 aliphatic heterocycles. The molecule has 1 aromatic carbocycles. The third kappa shape index (κ3) is 3.49. The molecule has 7 heteroatoms. The van der Waals surface area contributed by atoms with Gasteiger partial charge in [-0.05, 0) is 11.6 Å². The maximum atomic E-state index is 5.61. The Bertz CT molecular complexity index is 814. The van der Waals surface area contributed by atoms with E-state index in [1.54, 1.807) is 4.68 Å². The molecule has 0 fully saturated rings. The Kier molecular flexibility index (Phi) is 5.11. The first-order valence-electron chi connectivity index (χ1n) is 7.56. The van der Waals surface area contributed by atoms with E-state index < -0.39 is 0 Å². The normalized spacial score (nSPS) is 11.4. The van der Waals surface area contributed by atoms with Gasteiger partial charge in [0.2, 0.25) is 5.82 Å². The first kappa shape index (κ1) is 18.2. The van der Waals surface area contributed by atoms with Crippen molar-refractivity contribution < 1.29 is 4.52 Å². The first-order valence-corrected chi connectivity index (χ1v) is 7.56. The van der Waals surface area contributed by atoms with Gasteiger partial charge in [-0.15, -0.1) is 12.4 Å². The second kappa shape index (κ2) is 6.75. The zero-order valence-electron chi connectivity index (χ0n) is 14.3. The van der Waals surface area contributed by atoms with Gasteiger partial charge in [0.1, 0.15) is 5.69 Å². The maximum Gasteiger partial charge on any atom is 0.276 e. The van der Waals surface area contributed by atoms with Crippen LogP contribution < -0.4 is 5.73 Å². The third-order valence-electron chi connectivity index (χ3n) is 3.74. The van der Waals surface area contributed by atoms with Gasteiger partial charge in [-0.25, -0.2) is 0 Å². The molecular formula is C17H22ClN5O. The van der Waals surface area contributed by atoms with Crippen LogP contribution in [0.3, 0.4) is 0 Å². The maximum absolute atomic E-state index is 5.61. The van der Waals surface area contributed by atoms with E-state index in [0.717, 1.165) is 22.5 Å². The molecule has 0 unspecified atom stereocenters. The predicted molar refractivity (Wildman–Crippen MR) is 95.8 cm³/mol. The Hall–Kier alpha value is -2.18. The molecule has 3 rings (SSSR count). The second-order valence-corrected chi connectivity index (χ2v) is 6.61. The largest absolute Gasteiger partial charge is 0.332 e. The molecule has 0 atom stereocenters. The minimum atomic E-state index is -0.0308. The van der Waals surface area contributed by atoms with Crippen LogP contribution in [0.4, 0.5) is 0 Å². The fraction of sp³-hybridized carbons (Fsp3) is 0.353. The summed E-state index contributed by atoms with van der Waals surface area (Å²) < 4.78 is 7.20. The molecule has 0 spiro atoms. The predicted octanol–water partition coefficient (Wildman–Crippen LogP) is 3.32. The van der Waals surface area contributed by atoms with Crippen LogP contribution in [0.1, 0.15) is 32.0 Å². The van der Waals surface area contributed by atoms with Crippen LogP contribution in [0.15, 0.2) is 34.9 Å². The lowest BCUT2D eigenvalue weighted by Gasteiger charge is -2.13. The van der Waals surface area contributed by atoms with Gasteiger partial charge in [-0.2, -0.15) is 10.1 Å². The third-order valence-corrected chi connectivity index (χ3v) is 3.74. The first-order chi connectivity index (χ1) is 10.9. The van der Waals surface area contributed by atoms with Gasteiger partial charge in [-0.3, -0.25) is 4.68 Å². The Morgan fingerprint density at radius 3 is 2.38 bits per heavy atom. The second-order valence-electron chi connectivity index (χ2n) is 6.61. The molecule has 24 heavy (non-hydrogen) atoms. The number of nitrogens with two attached hydrogens (primary N) is 1. The van der Waals surface area contributed by atoms with E-state index in [9.17, 15) is 0 Å². The van der Waals surface area contributed by atoms with E-state index in [2.05, 4.69) is 36.0 Å². The minimum absolute atomic E-state index is 0. The smallest absolute Gasteiger partial charge is 0.276 e. The summed E-state index contributed by atoms with van der Waals surface area (Å²) in [5.41, 5.74) is 9.35. The lowest BCUT2D eigenvalue weighted by atomic mass is 9.92. The van der Waals surface area contributed by atoms with Gasteiger partial charge in [-0.1, -0.05) is 50.2 Å². The number of aryl methyl sites for hydroxylation is 1. The van der Waals surface area contributed by atoms with Gasteiger partial charge < -0.3 is 10.3 Å². The molecule has 2 heterocycles. The van der Waals surface area contributed by atoms with Crippen molar-refractivity contribution in [3.05, 3.63) is 41.6 Å². The van der Waals surface area contributed by atoms with E-state index in [1.807, 2.05) is 37.4 Å². The van der Waals surface area contributed by atoms with E-state index in [-0.39, 0.29) is 17.8 Å². The van der Waals surface area contributed by atoms with Crippen molar-refractivity contribution in [2.45, 2.75) is 32.7 Å². The van der Waals surface area contributed by atoms with Gasteiger partial charge in [0.15, 0.2) is 0 Å². The van der Waals surface area contributed by atoms with Crippen molar-refractivity contribution in [1.82, 2.24) is 19.9 Å². The average Bonchev–Trinajstić information content (AvgIpc) is 3.13. The van der Waals surface area contributed by atoms with Crippen LogP contribution in [-0.4, -0.2) is 19.9 Å². The Labute approximate surface area is 147 Å². The molecule has 128 valence electrons. The number of halogens is 1. The molecule has 0 saturated carbocycles. The molecular weight excluding hydrogens is 326 g/mol. The zero-order chi connectivity index (χ0) is 16.6. The number of benzene rings is 1. The highest BCUT2D eigenvalue weighted by molar-refractivity contribution is 5.85. The molecule has 2 aromatic heterocycles. The fourth-order valence-electron chi connectivity index (χ4n) is 2.27. The summed E-state index contributed by atoms with van der Waals surface area (Å²) in [5.74, 6) is 1.02. The van der Waals surface area contributed by atoms with Crippen LogP contribution in [0, 0.1) is 0 Å². The van der Waals surface area contributed by atoms with Gasteiger partial charge >= 0.3 is 0 Å². The Balaban J connectivity index is 0.00000208. The molecule has 0 saturated heterocycles. The van der Waals surface area contributed by atoms with E-state index in [1.165, 1.54) is 0 Å². The molecule has 0 aliphatic rings. The van der Waals surface area contributed by atoms with Crippen LogP contribution in [-0.2, 0) is 19.0 Å². The molecule has 6 nitrogen and oxygen atoms in total.